The number of nitrogens with zero attached hydrogens (tertiary/aromatic N) is 3. The molecule has 0 atom stereocenters. The fraction of sp³-hybridized carbons (Fsp3) is 0.571. The zero-order chi connectivity index (χ0) is 18.5. The van der Waals surface area contributed by atoms with Crippen LogP contribution in [-0.4, -0.2) is 34.2 Å². The van der Waals surface area contributed by atoms with Gasteiger partial charge >= 0.3 is 6.03 Å². The topological polar surface area (TPSA) is 58.1 Å². The number of carbonyl (C=O) groups excluding carboxylic acids is 1. The van der Waals surface area contributed by atoms with Crippen molar-refractivity contribution >= 4 is 17.4 Å². The van der Waals surface area contributed by atoms with Gasteiger partial charge in [0.15, 0.2) is 0 Å². The Morgan fingerprint density at radius 3 is 2.56 bits per heavy atom. The lowest BCUT2D eigenvalue weighted by Gasteiger charge is -2.31. The summed E-state index contributed by atoms with van der Waals surface area (Å²) in [5, 5.41) is 14.3. The Bertz CT molecular complexity index is 734. The summed E-state index contributed by atoms with van der Waals surface area (Å²) in [4.78, 5) is 14.3. The molecule has 1 aliphatic carbocycles. The third-order valence-electron chi connectivity index (χ3n) is 5.84. The molecule has 27 heavy (non-hydrogen) atoms. The third-order valence-corrected chi connectivity index (χ3v) is 6.95. The molecule has 4 rings (SSSR count). The fourth-order valence-corrected chi connectivity index (χ4v) is 5.32. The van der Waals surface area contributed by atoms with E-state index >= 15 is 0 Å². The molecule has 0 bridgehead atoms. The molecule has 1 aromatic heterocycles. The molecule has 5 nitrogen and oxygen atoms in total. The van der Waals surface area contributed by atoms with E-state index in [-0.39, 0.29) is 6.03 Å². The van der Waals surface area contributed by atoms with Crippen LogP contribution in [-0.2, 0) is 13.0 Å². The lowest BCUT2D eigenvalue weighted by atomic mass is 9.98. The maximum absolute atomic E-state index is 12.4. The molecule has 0 radical (unpaired) electrons. The maximum Gasteiger partial charge on any atom is 0.317 e. The van der Waals surface area contributed by atoms with E-state index in [4.69, 9.17) is 0 Å². The van der Waals surface area contributed by atoms with Gasteiger partial charge in [0.2, 0.25) is 0 Å². The van der Waals surface area contributed by atoms with Gasteiger partial charge in [0.1, 0.15) is 10.0 Å². The summed E-state index contributed by atoms with van der Waals surface area (Å²) in [5.41, 5.74) is 1.13. The van der Waals surface area contributed by atoms with Gasteiger partial charge in [0.25, 0.3) is 0 Å². The predicted molar refractivity (Wildman–Crippen MR) is 108 cm³/mol. The lowest BCUT2D eigenvalue weighted by molar-refractivity contribution is 0.181. The van der Waals surface area contributed by atoms with Crippen LogP contribution >= 0.6 is 11.3 Å². The summed E-state index contributed by atoms with van der Waals surface area (Å²) in [6.07, 6.45) is 8.53. The number of hydrogen-bond acceptors (Lipinski definition) is 4. The number of nitrogens with one attached hydrogen (secondary N) is 1. The fourth-order valence-electron chi connectivity index (χ4n) is 4.19. The van der Waals surface area contributed by atoms with Crippen LogP contribution < -0.4 is 5.32 Å². The first-order valence-electron chi connectivity index (χ1n) is 10.2. The maximum atomic E-state index is 12.4. The SMILES string of the molecule is O=C(NCc1ccccc1)N1CCC(c2nnc(CC3CCCC3)s2)CC1. The van der Waals surface area contributed by atoms with Gasteiger partial charge in [0.05, 0.1) is 0 Å². The van der Waals surface area contributed by atoms with Gasteiger partial charge in [-0.25, -0.2) is 4.79 Å². The Hall–Kier alpha value is -1.95. The van der Waals surface area contributed by atoms with Gasteiger partial charge in [-0.05, 0) is 24.3 Å². The van der Waals surface area contributed by atoms with Crippen molar-refractivity contribution in [2.75, 3.05) is 13.1 Å². The van der Waals surface area contributed by atoms with Crippen LogP contribution in [0.2, 0.25) is 0 Å². The predicted octanol–water partition coefficient (Wildman–Crippen LogP) is 4.36. The monoisotopic (exact) mass is 384 g/mol. The highest BCUT2D eigenvalue weighted by Crippen LogP contribution is 2.33. The first kappa shape index (κ1) is 18.4. The van der Waals surface area contributed by atoms with Crippen LogP contribution in [0.1, 0.15) is 60.0 Å². The summed E-state index contributed by atoms with van der Waals surface area (Å²) < 4.78 is 0. The minimum absolute atomic E-state index is 0.0384. The van der Waals surface area contributed by atoms with E-state index in [2.05, 4.69) is 15.5 Å². The first-order chi connectivity index (χ1) is 13.3. The Labute approximate surface area is 165 Å². The second-order valence-electron chi connectivity index (χ2n) is 7.79. The van der Waals surface area contributed by atoms with Crippen molar-refractivity contribution in [3.8, 4) is 0 Å². The molecule has 1 saturated carbocycles. The smallest absolute Gasteiger partial charge is 0.317 e. The normalized spacial score (nSPS) is 18.7. The number of benzene rings is 1. The highest BCUT2D eigenvalue weighted by atomic mass is 32.1. The van der Waals surface area contributed by atoms with Crippen LogP contribution in [0.25, 0.3) is 0 Å². The number of piperidine rings is 1. The standard InChI is InChI=1S/C21H28N4OS/c26-21(22-15-17-8-2-1-3-9-17)25-12-10-18(11-13-25)20-24-23-19(27-20)14-16-6-4-5-7-16/h1-3,8-9,16,18H,4-7,10-15H2,(H,22,26). The van der Waals surface area contributed by atoms with Crippen LogP contribution in [0.3, 0.4) is 0 Å². The summed E-state index contributed by atoms with van der Waals surface area (Å²) >= 11 is 1.80. The van der Waals surface area contributed by atoms with Crippen molar-refractivity contribution in [2.45, 2.75) is 57.4 Å². The Morgan fingerprint density at radius 2 is 1.81 bits per heavy atom. The second kappa shape index (κ2) is 8.83. The third kappa shape index (κ3) is 4.86. The molecule has 2 aliphatic rings. The highest BCUT2D eigenvalue weighted by molar-refractivity contribution is 7.11. The molecule has 1 aromatic carbocycles. The number of carbonyl (C=O) groups is 1. The minimum Gasteiger partial charge on any atom is -0.334 e. The molecule has 144 valence electrons. The number of rotatable bonds is 5. The molecular weight excluding hydrogens is 356 g/mol. The minimum atomic E-state index is 0.0384. The summed E-state index contributed by atoms with van der Waals surface area (Å²) in [7, 11) is 0. The van der Waals surface area contributed by atoms with Crippen LogP contribution in [0, 0.1) is 5.92 Å². The summed E-state index contributed by atoms with van der Waals surface area (Å²) in [6, 6.07) is 10.1. The summed E-state index contributed by atoms with van der Waals surface area (Å²) in [6.45, 7) is 2.17. The van der Waals surface area contributed by atoms with Gasteiger partial charge < -0.3 is 10.2 Å². The van der Waals surface area contributed by atoms with Gasteiger partial charge in [-0.1, -0.05) is 56.0 Å². The van der Waals surface area contributed by atoms with Crippen molar-refractivity contribution in [1.82, 2.24) is 20.4 Å². The van der Waals surface area contributed by atoms with Crippen LogP contribution in [0.5, 0.6) is 0 Å². The van der Waals surface area contributed by atoms with Crippen molar-refractivity contribution in [1.29, 1.82) is 0 Å². The zero-order valence-corrected chi connectivity index (χ0v) is 16.6. The molecule has 2 fully saturated rings. The van der Waals surface area contributed by atoms with E-state index in [9.17, 15) is 4.79 Å². The average Bonchev–Trinajstić information content (AvgIpc) is 3.40. The molecule has 1 aliphatic heterocycles. The van der Waals surface area contributed by atoms with Crippen LogP contribution in [0.15, 0.2) is 30.3 Å². The van der Waals surface area contributed by atoms with Gasteiger partial charge in [-0.15, -0.1) is 21.5 Å². The van der Waals surface area contributed by atoms with Gasteiger partial charge in [-0.2, -0.15) is 0 Å². The van der Waals surface area contributed by atoms with Crippen molar-refractivity contribution in [3.05, 3.63) is 45.9 Å². The number of hydrogen-bond donors (Lipinski definition) is 1. The number of aromatic nitrogens is 2. The van der Waals surface area contributed by atoms with Gasteiger partial charge in [0, 0.05) is 32.0 Å². The largest absolute Gasteiger partial charge is 0.334 e. The van der Waals surface area contributed by atoms with Crippen molar-refractivity contribution < 1.29 is 4.79 Å². The average molecular weight is 385 g/mol. The number of likely N-dealkylation sites (tertiary alicyclic amines) is 1. The van der Waals surface area contributed by atoms with Crippen molar-refractivity contribution in [3.63, 3.8) is 0 Å². The molecule has 0 spiro atoms. The molecule has 2 aromatic rings. The lowest BCUT2D eigenvalue weighted by Crippen LogP contribution is -2.43. The quantitative estimate of drug-likeness (QED) is 0.833. The molecule has 0 unspecified atom stereocenters. The first-order valence-corrected chi connectivity index (χ1v) is 11.0. The zero-order valence-electron chi connectivity index (χ0n) is 15.8. The molecule has 2 heterocycles. The molecule has 1 N–H and O–H groups in total. The van der Waals surface area contributed by atoms with Crippen LogP contribution in [0.4, 0.5) is 4.79 Å². The van der Waals surface area contributed by atoms with Gasteiger partial charge in [-0.3, -0.25) is 0 Å². The van der Waals surface area contributed by atoms with E-state index in [1.54, 1.807) is 11.3 Å². The molecule has 1 saturated heterocycles. The Balaban J connectivity index is 1.23. The molecular formula is C21H28N4OS. The number of urea groups is 1. The van der Waals surface area contributed by atoms with E-state index in [1.165, 1.54) is 35.7 Å². The van der Waals surface area contributed by atoms with E-state index in [0.717, 1.165) is 43.8 Å². The van der Waals surface area contributed by atoms with E-state index < -0.39 is 0 Å². The van der Waals surface area contributed by atoms with E-state index in [1.807, 2.05) is 35.2 Å². The number of amides is 2. The highest BCUT2D eigenvalue weighted by Gasteiger charge is 2.26. The van der Waals surface area contributed by atoms with E-state index in [0.29, 0.717) is 12.5 Å². The Morgan fingerprint density at radius 1 is 1.07 bits per heavy atom. The molecule has 2 amide bonds. The summed E-state index contributed by atoms with van der Waals surface area (Å²) in [5.74, 6) is 1.28. The second-order valence-corrected chi connectivity index (χ2v) is 8.89. The van der Waals surface area contributed by atoms with Crippen molar-refractivity contribution in [2.24, 2.45) is 5.92 Å². The molecule has 6 heteroatoms. The Kier molecular flexibility index (Phi) is 6.02.